The number of nitrogens with one attached hydrogen (secondary N) is 1. The molecule has 0 aromatic heterocycles. The van der Waals surface area contributed by atoms with Gasteiger partial charge < -0.3 is 10.1 Å². The lowest BCUT2D eigenvalue weighted by atomic mass is 10.1. The first-order valence-electron chi connectivity index (χ1n) is 6.93. The van der Waals surface area contributed by atoms with Gasteiger partial charge in [-0.1, -0.05) is 12.1 Å². The molecule has 1 atom stereocenters. The van der Waals surface area contributed by atoms with Crippen LogP contribution in [0.2, 0.25) is 0 Å². The Morgan fingerprint density at radius 1 is 1.43 bits per heavy atom. The highest BCUT2D eigenvalue weighted by Crippen LogP contribution is 2.17. The SMILES string of the molecule is C[C@@H](CNC(=O)c1ccccc1[N+](=O)[O-])N1CCOCC1. The number of nitro groups is 1. The molecular formula is C14H19N3O4. The number of hydrogen-bond donors (Lipinski definition) is 1. The molecule has 0 unspecified atom stereocenters. The zero-order chi connectivity index (χ0) is 15.2. The van der Waals surface area contributed by atoms with Gasteiger partial charge in [0, 0.05) is 31.7 Å². The van der Waals surface area contributed by atoms with Gasteiger partial charge in [0.15, 0.2) is 0 Å². The van der Waals surface area contributed by atoms with Gasteiger partial charge in [-0.15, -0.1) is 0 Å². The molecule has 114 valence electrons. The summed E-state index contributed by atoms with van der Waals surface area (Å²) in [5.41, 5.74) is -0.0781. The third-order valence-electron chi connectivity index (χ3n) is 3.57. The van der Waals surface area contributed by atoms with Gasteiger partial charge in [0.05, 0.1) is 18.1 Å². The van der Waals surface area contributed by atoms with E-state index in [1.54, 1.807) is 12.1 Å². The standard InChI is InChI=1S/C14H19N3O4/c1-11(16-6-8-21-9-7-16)10-15-14(18)12-4-2-3-5-13(12)17(19)20/h2-5,11H,6-10H2,1H3,(H,15,18)/t11-/m0/s1. The summed E-state index contributed by atoms with van der Waals surface area (Å²) >= 11 is 0. The fraction of sp³-hybridized carbons (Fsp3) is 0.500. The van der Waals surface area contributed by atoms with Crippen LogP contribution >= 0.6 is 0 Å². The highest BCUT2D eigenvalue weighted by molar-refractivity contribution is 5.98. The van der Waals surface area contributed by atoms with Crippen LogP contribution in [0.5, 0.6) is 0 Å². The van der Waals surface area contributed by atoms with Crippen molar-refractivity contribution in [1.29, 1.82) is 0 Å². The molecule has 2 rings (SSSR count). The van der Waals surface area contributed by atoms with Crippen LogP contribution < -0.4 is 5.32 Å². The van der Waals surface area contributed by atoms with Crippen LogP contribution in [0.4, 0.5) is 5.69 Å². The minimum absolute atomic E-state index is 0.0941. The van der Waals surface area contributed by atoms with Gasteiger partial charge in [0.1, 0.15) is 5.56 Å². The van der Waals surface area contributed by atoms with E-state index in [-0.39, 0.29) is 17.3 Å². The minimum atomic E-state index is -0.541. The second-order valence-corrected chi connectivity index (χ2v) is 4.98. The first-order chi connectivity index (χ1) is 10.1. The fourth-order valence-corrected chi connectivity index (χ4v) is 2.31. The molecule has 0 bridgehead atoms. The molecule has 1 fully saturated rings. The predicted molar refractivity (Wildman–Crippen MR) is 77.3 cm³/mol. The normalized spacial score (nSPS) is 17.2. The zero-order valence-corrected chi connectivity index (χ0v) is 11.9. The molecule has 7 heteroatoms. The summed E-state index contributed by atoms with van der Waals surface area (Å²) in [4.78, 5) is 24.7. The molecular weight excluding hydrogens is 274 g/mol. The fourth-order valence-electron chi connectivity index (χ4n) is 2.31. The molecule has 0 spiro atoms. The van der Waals surface area contributed by atoms with Gasteiger partial charge in [0.2, 0.25) is 0 Å². The Bertz CT molecular complexity index is 515. The number of hydrogen-bond acceptors (Lipinski definition) is 5. The van der Waals surface area contributed by atoms with Crippen molar-refractivity contribution in [2.45, 2.75) is 13.0 Å². The molecule has 0 aliphatic carbocycles. The maximum absolute atomic E-state index is 12.1. The van der Waals surface area contributed by atoms with Crippen LogP contribution in [0.15, 0.2) is 24.3 Å². The third-order valence-corrected chi connectivity index (χ3v) is 3.57. The van der Waals surface area contributed by atoms with E-state index >= 15 is 0 Å². The lowest BCUT2D eigenvalue weighted by molar-refractivity contribution is -0.385. The minimum Gasteiger partial charge on any atom is -0.379 e. The van der Waals surface area contributed by atoms with Crippen molar-refractivity contribution in [3.05, 3.63) is 39.9 Å². The van der Waals surface area contributed by atoms with E-state index in [2.05, 4.69) is 10.2 Å². The summed E-state index contributed by atoms with van der Waals surface area (Å²) in [5.74, 6) is -0.414. The highest BCUT2D eigenvalue weighted by Gasteiger charge is 2.21. The third kappa shape index (κ3) is 3.99. The largest absolute Gasteiger partial charge is 0.379 e. The molecule has 0 saturated carbocycles. The van der Waals surface area contributed by atoms with Gasteiger partial charge in [-0.3, -0.25) is 19.8 Å². The molecule has 1 heterocycles. The molecule has 1 aliphatic rings. The van der Waals surface area contributed by atoms with Crippen molar-refractivity contribution in [3.63, 3.8) is 0 Å². The number of para-hydroxylation sites is 1. The van der Waals surface area contributed by atoms with Crippen LogP contribution in [0.25, 0.3) is 0 Å². The number of amides is 1. The first kappa shape index (κ1) is 15.4. The van der Waals surface area contributed by atoms with E-state index in [1.165, 1.54) is 12.1 Å². The number of ether oxygens (including phenoxy) is 1. The van der Waals surface area contributed by atoms with Crippen molar-refractivity contribution in [3.8, 4) is 0 Å². The second kappa shape index (κ2) is 7.14. The average Bonchev–Trinajstić information content (AvgIpc) is 2.53. The van der Waals surface area contributed by atoms with Crippen LogP contribution in [-0.4, -0.2) is 54.6 Å². The van der Waals surface area contributed by atoms with Gasteiger partial charge >= 0.3 is 0 Å². The van der Waals surface area contributed by atoms with Crippen LogP contribution in [0.3, 0.4) is 0 Å². The topological polar surface area (TPSA) is 84.7 Å². The van der Waals surface area contributed by atoms with Gasteiger partial charge in [-0.05, 0) is 13.0 Å². The lowest BCUT2D eigenvalue weighted by Crippen LogP contribution is -2.47. The Hall–Kier alpha value is -1.99. The quantitative estimate of drug-likeness (QED) is 0.648. The Morgan fingerprint density at radius 2 is 2.10 bits per heavy atom. The molecule has 0 radical (unpaired) electrons. The van der Waals surface area contributed by atoms with E-state index in [9.17, 15) is 14.9 Å². The Morgan fingerprint density at radius 3 is 2.76 bits per heavy atom. The number of carbonyl (C=O) groups excluding carboxylic acids is 1. The Balaban J connectivity index is 1.94. The summed E-state index contributed by atoms with van der Waals surface area (Å²) in [5, 5.41) is 13.7. The van der Waals surface area contributed by atoms with Gasteiger partial charge in [-0.25, -0.2) is 0 Å². The Labute approximate surface area is 123 Å². The van der Waals surface area contributed by atoms with Gasteiger partial charge in [0.25, 0.3) is 11.6 Å². The molecule has 21 heavy (non-hydrogen) atoms. The van der Waals surface area contributed by atoms with Gasteiger partial charge in [-0.2, -0.15) is 0 Å². The number of carbonyl (C=O) groups is 1. The molecule has 1 aliphatic heterocycles. The zero-order valence-electron chi connectivity index (χ0n) is 11.9. The number of nitro benzene ring substituents is 1. The first-order valence-corrected chi connectivity index (χ1v) is 6.93. The van der Waals surface area contributed by atoms with E-state index in [4.69, 9.17) is 4.74 Å². The molecule has 1 aromatic carbocycles. The lowest BCUT2D eigenvalue weighted by Gasteiger charge is -2.32. The average molecular weight is 293 g/mol. The summed E-state index contributed by atoms with van der Waals surface area (Å²) in [7, 11) is 0. The monoisotopic (exact) mass is 293 g/mol. The molecule has 1 aromatic rings. The van der Waals surface area contributed by atoms with Crippen molar-refractivity contribution in [2.75, 3.05) is 32.8 Å². The highest BCUT2D eigenvalue weighted by atomic mass is 16.6. The van der Waals surface area contributed by atoms with Crippen molar-refractivity contribution in [2.24, 2.45) is 0 Å². The summed E-state index contributed by atoms with van der Waals surface area (Å²) in [6, 6.07) is 6.13. The van der Waals surface area contributed by atoms with Crippen molar-refractivity contribution in [1.82, 2.24) is 10.2 Å². The molecule has 7 nitrogen and oxygen atoms in total. The molecule has 1 amide bonds. The van der Waals surface area contributed by atoms with E-state index in [1.807, 2.05) is 6.92 Å². The smallest absolute Gasteiger partial charge is 0.282 e. The number of benzene rings is 1. The molecule has 1 saturated heterocycles. The summed E-state index contributed by atoms with van der Waals surface area (Å²) in [6.07, 6.45) is 0. The van der Waals surface area contributed by atoms with E-state index in [0.29, 0.717) is 19.8 Å². The molecule has 1 N–H and O–H groups in total. The number of morpholine rings is 1. The predicted octanol–water partition coefficient (Wildman–Crippen LogP) is 1.05. The van der Waals surface area contributed by atoms with Crippen molar-refractivity contribution >= 4 is 11.6 Å². The maximum Gasteiger partial charge on any atom is 0.282 e. The van der Waals surface area contributed by atoms with Crippen LogP contribution in [0, 0.1) is 10.1 Å². The van der Waals surface area contributed by atoms with E-state index < -0.39 is 10.8 Å². The summed E-state index contributed by atoms with van der Waals surface area (Å²) in [6.45, 7) is 5.53. The number of nitrogens with zero attached hydrogens (tertiary/aromatic N) is 2. The van der Waals surface area contributed by atoms with Crippen LogP contribution in [0.1, 0.15) is 17.3 Å². The van der Waals surface area contributed by atoms with Crippen LogP contribution in [-0.2, 0) is 4.74 Å². The Kier molecular flexibility index (Phi) is 5.24. The maximum atomic E-state index is 12.1. The summed E-state index contributed by atoms with van der Waals surface area (Å²) < 4.78 is 5.28. The second-order valence-electron chi connectivity index (χ2n) is 4.98. The van der Waals surface area contributed by atoms with Crippen molar-refractivity contribution < 1.29 is 14.5 Å². The number of rotatable bonds is 5. The van der Waals surface area contributed by atoms with E-state index in [0.717, 1.165) is 13.1 Å².